The van der Waals surface area contributed by atoms with Crippen molar-refractivity contribution in [3.05, 3.63) is 32.8 Å². The van der Waals surface area contributed by atoms with Crippen LogP contribution in [0.3, 0.4) is 0 Å². The number of hydrogen-bond donors (Lipinski definition) is 0. The summed E-state index contributed by atoms with van der Waals surface area (Å²) in [6, 6.07) is 4.72. The van der Waals surface area contributed by atoms with Gasteiger partial charge in [-0.1, -0.05) is 44.7 Å². The van der Waals surface area contributed by atoms with Gasteiger partial charge in [-0.15, -0.1) is 0 Å². The molecule has 1 saturated carbocycles. The van der Waals surface area contributed by atoms with Crippen LogP contribution in [0.15, 0.2) is 22.7 Å². The lowest BCUT2D eigenvalue weighted by Crippen LogP contribution is -2.27. The van der Waals surface area contributed by atoms with Gasteiger partial charge < -0.3 is 4.74 Å². The van der Waals surface area contributed by atoms with Crippen LogP contribution in [0.1, 0.15) is 25.7 Å². The summed E-state index contributed by atoms with van der Waals surface area (Å²) in [6.45, 7) is 0.603. The van der Waals surface area contributed by atoms with E-state index in [1.165, 1.54) is 25.0 Å². The van der Waals surface area contributed by atoms with Crippen LogP contribution in [-0.2, 0) is 0 Å². The smallest absolute Gasteiger partial charge is 0.274 e. The van der Waals surface area contributed by atoms with E-state index in [2.05, 4.69) is 31.9 Å². The monoisotopic (exact) mass is 391 g/mol. The Hall–Kier alpha value is -0.620. The number of nitrogens with zero attached hydrogens (tertiary/aromatic N) is 1. The molecule has 0 saturated heterocycles. The molecule has 0 aliphatic heterocycles. The van der Waals surface area contributed by atoms with Crippen molar-refractivity contribution in [2.45, 2.75) is 25.7 Å². The first-order valence-corrected chi connectivity index (χ1v) is 8.10. The van der Waals surface area contributed by atoms with E-state index in [1.54, 1.807) is 6.07 Å². The summed E-state index contributed by atoms with van der Waals surface area (Å²) < 4.78 is 6.45. The standard InChI is InChI=1S/C13H15Br2NO3/c14-8-13(3-1-2-4-13)9-19-12-6-10(15)5-11(7-12)16(17)18/h5-7H,1-4,8-9H2. The maximum Gasteiger partial charge on any atom is 0.274 e. The van der Waals surface area contributed by atoms with Crippen LogP contribution in [0.5, 0.6) is 5.75 Å². The van der Waals surface area contributed by atoms with Crippen molar-refractivity contribution in [1.82, 2.24) is 0 Å². The normalized spacial score (nSPS) is 17.4. The van der Waals surface area contributed by atoms with E-state index in [0.717, 1.165) is 18.2 Å². The van der Waals surface area contributed by atoms with E-state index >= 15 is 0 Å². The maximum absolute atomic E-state index is 10.8. The van der Waals surface area contributed by atoms with Crippen LogP contribution in [0.4, 0.5) is 5.69 Å². The summed E-state index contributed by atoms with van der Waals surface area (Å²) in [5.41, 5.74) is 0.223. The Morgan fingerprint density at radius 3 is 2.58 bits per heavy atom. The third-order valence-electron chi connectivity index (χ3n) is 3.56. The van der Waals surface area contributed by atoms with Crippen LogP contribution in [0.2, 0.25) is 0 Å². The highest BCUT2D eigenvalue weighted by molar-refractivity contribution is 9.10. The lowest BCUT2D eigenvalue weighted by molar-refractivity contribution is -0.385. The van der Waals surface area contributed by atoms with Gasteiger partial charge in [0.1, 0.15) is 5.75 Å². The summed E-state index contributed by atoms with van der Waals surface area (Å²) in [7, 11) is 0. The van der Waals surface area contributed by atoms with Crippen LogP contribution in [0, 0.1) is 15.5 Å². The van der Waals surface area contributed by atoms with Crippen molar-refractivity contribution in [2.75, 3.05) is 11.9 Å². The maximum atomic E-state index is 10.8. The Morgan fingerprint density at radius 2 is 2.00 bits per heavy atom. The Morgan fingerprint density at radius 1 is 1.32 bits per heavy atom. The van der Waals surface area contributed by atoms with Crippen molar-refractivity contribution in [1.29, 1.82) is 0 Å². The minimum absolute atomic E-state index is 0.0451. The fourth-order valence-electron chi connectivity index (χ4n) is 2.41. The molecule has 0 bridgehead atoms. The van der Waals surface area contributed by atoms with Gasteiger partial charge in [-0.2, -0.15) is 0 Å². The predicted molar refractivity (Wildman–Crippen MR) is 81.0 cm³/mol. The van der Waals surface area contributed by atoms with Crippen LogP contribution in [0.25, 0.3) is 0 Å². The van der Waals surface area contributed by atoms with Crippen LogP contribution >= 0.6 is 31.9 Å². The number of rotatable bonds is 5. The summed E-state index contributed by atoms with van der Waals surface area (Å²) in [5, 5.41) is 11.7. The lowest BCUT2D eigenvalue weighted by atomic mass is 9.90. The fourth-order valence-corrected chi connectivity index (χ4v) is 3.60. The van der Waals surface area contributed by atoms with Crippen LogP contribution < -0.4 is 4.74 Å². The first-order chi connectivity index (χ1) is 9.04. The molecule has 0 radical (unpaired) electrons. The Bertz CT molecular complexity index is 473. The Kier molecular flexibility index (Phi) is 4.84. The topological polar surface area (TPSA) is 52.4 Å². The number of nitro benzene ring substituents is 1. The molecule has 104 valence electrons. The highest BCUT2D eigenvalue weighted by atomic mass is 79.9. The summed E-state index contributed by atoms with van der Waals surface area (Å²) in [4.78, 5) is 10.4. The lowest BCUT2D eigenvalue weighted by Gasteiger charge is -2.26. The molecule has 0 amide bonds. The third-order valence-corrected chi connectivity index (χ3v) is 5.21. The fraction of sp³-hybridized carbons (Fsp3) is 0.538. The molecule has 1 aliphatic carbocycles. The summed E-state index contributed by atoms with van der Waals surface area (Å²) >= 11 is 6.83. The van der Waals surface area contributed by atoms with Crippen molar-refractivity contribution >= 4 is 37.5 Å². The van der Waals surface area contributed by atoms with Gasteiger partial charge in [0.15, 0.2) is 0 Å². The Labute approximate surface area is 128 Å². The van der Waals surface area contributed by atoms with Crippen LogP contribution in [-0.4, -0.2) is 16.9 Å². The molecule has 1 aromatic rings. The molecule has 1 fully saturated rings. The van der Waals surface area contributed by atoms with E-state index in [0.29, 0.717) is 16.8 Å². The molecular formula is C13H15Br2NO3. The predicted octanol–water partition coefficient (Wildman–Crippen LogP) is 4.69. The Balaban J connectivity index is 2.08. The van der Waals surface area contributed by atoms with Gasteiger partial charge in [0.05, 0.1) is 17.6 Å². The molecule has 6 heteroatoms. The summed E-state index contributed by atoms with van der Waals surface area (Å²) in [6.07, 6.45) is 4.75. The van der Waals surface area contributed by atoms with Crippen molar-refractivity contribution in [3.63, 3.8) is 0 Å². The zero-order chi connectivity index (χ0) is 13.9. The molecule has 0 atom stereocenters. The van der Waals surface area contributed by atoms with E-state index in [-0.39, 0.29) is 11.1 Å². The van der Waals surface area contributed by atoms with Gasteiger partial charge in [0, 0.05) is 21.3 Å². The SMILES string of the molecule is O=[N+]([O-])c1cc(Br)cc(OCC2(CBr)CCCC2)c1. The van der Waals surface area contributed by atoms with E-state index in [1.807, 2.05) is 0 Å². The van der Waals surface area contributed by atoms with Crippen molar-refractivity contribution in [2.24, 2.45) is 5.41 Å². The average Bonchev–Trinajstić information content (AvgIpc) is 2.85. The van der Waals surface area contributed by atoms with Gasteiger partial charge in [-0.05, 0) is 18.9 Å². The molecule has 0 unspecified atom stereocenters. The molecule has 0 heterocycles. The second-order valence-electron chi connectivity index (χ2n) is 5.03. The molecule has 4 nitrogen and oxygen atoms in total. The first-order valence-electron chi connectivity index (χ1n) is 6.18. The number of hydrogen-bond acceptors (Lipinski definition) is 3. The molecule has 0 aromatic heterocycles. The van der Waals surface area contributed by atoms with Gasteiger partial charge in [-0.25, -0.2) is 0 Å². The molecule has 1 aliphatic rings. The van der Waals surface area contributed by atoms with E-state index in [4.69, 9.17) is 4.74 Å². The molecule has 0 N–H and O–H groups in total. The number of nitro groups is 1. The molecule has 19 heavy (non-hydrogen) atoms. The van der Waals surface area contributed by atoms with Crippen molar-refractivity contribution < 1.29 is 9.66 Å². The minimum Gasteiger partial charge on any atom is -0.493 e. The molecule has 1 aromatic carbocycles. The highest BCUT2D eigenvalue weighted by Gasteiger charge is 2.33. The average molecular weight is 393 g/mol. The summed E-state index contributed by atoms with van der Waals surface area (Å²) in [5.74, 6) is 0.549. The highest BCUT2D eigenvalue weighted by Crippen LogP contribution is 2.40. The zero-order valence-electron chi connectivity index (χ0n) is 10.4. The minimum atomic E-state index is -0.409. The van der Waals surface area contributed by atoms with Gasteiger partial charge >= 0.3 is 0 Å². The second kappa shape index (κ2) is 6.22. The zero-order valence-corrected chi connectivity index (χ0v) is 13.6. The molecular weight excluding hydrogens is 378 g/mol. The largest absolute Gasteiger partial charge is 0.493 e. The molecule has 0 spiro atoms. The van der Waals surface area contributed by atoms with E-state index in [9.17, 15) is 10.1 Å². The quantitative estimate of drug-likeness (QED) is 0.414. The second-order valence-corrected chi connectivity index (χ2v) is 6.51. The number of non-ortho nitro benzene ring substituents is 1. The van der Waals surface area contributed by atoms with Gasteiger partial charge in [0.2, 0.25) is 0 Å². The third kappa shape index (κ3) is 3.69. The molecule has 2 rings (SSSR count). The van der Waals surface area contributed by atoms with Gasteiger partial charge in [-0.3, -0.25) is 10.1 Å². The number of halogens is 2. The number of ether oxygens (including phenoxy) is 1. The van der Waals surface area contributed by atoms with Crippen molar-refractivity contribution in [3.8, 4) is 5.75 Å². The first kappa shape index (κ1) is 14.8. The number of alkyl halides is 1. The number of benzene rings is 1. The van der Waals surface area contributed by atoms with E-state index < -0.39 is 4.92 Å². The van der Waals surface area contributed by atoms with Gasteiger partial charge in [0.25, 0.3) is 5.69 Å².